The third-order valence-corrected chi connectivity index (χ3v) is 4.33. The Morgan fingerprint density at radius 2 is 1.86 bits per heavy atom. The fraction of sp³-hybridized carbons (Fsp3) is 0.263. The molecule has 106 valence electrons. The first-order valence-electron chi connectivity index (χ1n) is 7.52. The number of hydrogen-bond acceptors (Lipinski definition) is 2. The molecule has 1 atom stereocenters. The van der Waals surface area contributed by atoms with Gasteiger partial charge >= 0.3 is 18.9 Å². The molecule has 0 aromatic heterocycles. The Morgan fingerprint density at radius 1 is 1.09 bits per heavy atom. The molecule has 1 aliphatic rings. The van der Waals surface area contributed by atoms with Gasteiger partial charge in [0.15, 0.2) is 5.90 Å². The van der Waals surface area contributed by atoms with E-state index < -0.39 is 0 Å². The van der Waals surface area contributed by atoms with Crippen LogP contribution >= 0.6 is 0 Å². The molecule has 0 bridgehead atoms. The van der Waals surface area contributed by atoms with Crippen molar-refractivity contribution in [3.05, 3.63) is 54.1 Å². The Bertz CT molecular complexity index is 847. The maximum absolute atomic E-state index is 5.87. The van der Waals surface area contributed by atoms with Gasteiger partial charge in [0.05, 0.1) is 6.04 Å². The Labute approximate surface area is 142 Å². The molecule has 0 saturated carbocycles. The average Bonchev–Trinajstić information content (AvgIpc) is 3.11. The van der Waals surface area contributed by atoms with E-state index in [0.717, 1.165) is 11.5 Å². The van der Waals surface area contributed by atoms with E-state index in [1.165, 1.54) is 21.5 Å². The van der Waals surface area contributed by atoms with E-state index in [-0.39, 0.29) is 24.9 Å². The van der Waals surface area contributed by atoms with Gasteiger partial charge in [-0.1, -0.05) is 50.2 Å². The summed E-state index contributed by atoms with van der Waals surface area (Å²) in [7, 11) is 0. The first-order chi connectivity index (χ1) is 10.2. The van der Waals surface area contributed by atoms with Crippen molar-refractivity contribution in [3.8, 4) is 0 Å². The van der Waals surface area contributed by atoms with Crippen LogP contribution < -0.4 is 18.9 Å². The second kappa shape index (κ2) is 5.87. The first kappa shape index (κ1) is 15.3. The van der Waals surface area contributed by atoms with Gasteiger partial charge < -0.3 is 4.74 Å². The van der Waals surface area contributed by atoms with Crippen LogP contribution in [-0.4, -0.2) is 18.5 Å². The van der Waals surface area contributed by atoms with E-state index in [1.807, 2.05) is 0 Å². The minimum Gasteiger partial charge on any atom is -0.481 e. The Morgan fingerprint density at radius 3 is 2.64 bits per heavy atom. The molecule has 0 N–H and O–H groups in total. The molecule has 0 radical (unpaired) electrons. The monoisotopic (exact) mass is 283 g/mol. The predicted molar refractivity (Wildman–Crippen MR) is 88.2 cm³/mol. The zero-order valence-corrected chi connectivity index (χ0v) is 13.3. The minimum absolute atomic E-state index is 0. The fourth-order valence-electron chi connectivity index (χ4n) is 3.04. The Balaban J connectivity index is 0.00000144. The first-order valence-corrected chi connectivity index (χ1v) is 7.52. The van der Waals surface area contributed by atoms with Gasteiger partial charge in [0.2, 0.25) is 0 Å². The van der Waals surface area contributed by atoms with E-state index in [0.29, 0.717) is 12.5 Å². The zero-order valence-electron chi connectivity index (χ0n) is 13.3. The molecule has 4 rings (SSSR count). The number of benzene rings is 2. The van der Waals surface area contributed by atoms with Crippen LogP contribution in [0.15, 0.2) is 53.5 Å². The van der Waals surface area contributed by atoms with E-state index in [9.17, 15) is 0 Å². The second-order valence-electron chi connectivity index (χ2n) is 6.06. The van der Waals surface area contributed by atoms with Crippen LogP contribution in [0.4, 0.5) is 0 Å². The van der Waals surface area contributed by atoms with Crippen molar-refractivity contribution in [1.29, 1.82) is 0 Å². The van der Waals surface area contributed by atoms with Gasteiger partial charge in [0.25, 0.3) is 0 Å². The van der Waals surface area contributed by atoms with Gasteiger partial charge in [-0.3, -0.25) is 4.99 Å². The molecule has 1 aliphatic heterocycles. The van der Waals surface area contributed by atoms with Crippen molar-refractivity contribution >= 4 is 27.4 Å². The number of ether oxygens (including phenoxy) is 1. The summed E-state index contributed by atoms with van der Waals surface area (Å²) in [4.78, 5) is 4.77. The molecule has 0 fully saturated rings. The van der Waals surface area contributed by atoms with Crippen LogP contribution in [0.2, 0.25) is 0 Å². The summed E-state index contributed by atoms with van der Waals surface area (Å²) in [5, 5.41) is 5.09. The largest absolute Gasteiger partial charge is 1.00 e. The standard InChI is InChI=1S/C19H18NO.Li/c1-12(2)18-11-21-19(20-18)16-9-5-8-15-14-7-4-3-6-13(14)10-17(15)16;/h3-10,12,18H,11H2,1-2H3;/q-1;+1/t18-;/m1./s1. The zero-order chi connectivity index (χ0) is 14.4. The molecule has 0 aliphatic carbocycles. The van der Waals surface area contributed by atoms with Gasteiger partial charge in [-0.2, -0.15) is 0 Å². The maximum atomic E-state index is 5.87. The molecule has 1 heterocycles. The van der Waals surface area contributed by atoms with E-state index in [2.05, 4.69) is 62.4 Å². The molecule has 3 heteroatoms. The molecule has 3 aromatic rings. The van der Waals surface area contributed by atoms with Crippen molar-refractivity contribution in [2.75, 3.05) is 6.61 Å². The molecule has 0 saturated heterocycles. The van der Waals surface area contributed by atoms with Crippen molar-refractivity contribution in [2.45, 2.75) is 19.9 Å². The van der Waals surface area contributed by atoms with E-state index in [1.54, 1.807) is 0 Å². The van der Waals surface area contributed by atoms with Gasteiger partial charge in [0, 0.05) is 0 Å². The predicted octanol–water partition coefficient (Wildman–Crippen LogP) is 1.52. The summed E-state index contributed by atoms with van der Waals surface area (Å²) in [6.07, 6.45) is 0. The molecule has 2 nitrogen and oxygen atoms in total. The van der Waals surface area contributed by atoms with Gasteiger partial charge in [0.1, 0.15) is 6.61 Å². The van der Waals surface area contributed by atoms with Crippen molar-refractivity contribution in [3.63, 3.8) is 0 Å². The summed E-state index contributed by atoms with van der Waals surface area (Å²) < 4.78 is 5.87. The normalized spacial score (nSPS) is 17.6. The van der Waals surface area contributed by atoms with Crippen molar-refractivity contribution in [1.82, 2.24) is 0 Å². The van der Waals surface area contributed by atoms with Crippen LogP contribution in [0.3, 0.4) is 0 Å². The average molecular weight is 283 g/mol. The van der Waals surface area contributed by atoms with Crippen LogP contribution in [0.25, 0.3) is 21.5 Å². The summed E-state index contributed by atoms with van der Waals surface area (Å²) in [5.74, 6) is 1.31. The maximum Gasteiger partial charge on any atom is 1.00 e. The third kappa shape index (κ3) is 2.37. The number of rotatable bonds is 2. The molecular weight excluding hydrogens is 265 g/mol. The fourth-order valence-corrected chi connectivity index (χ4v) is 3.04. The van der Waals surface area contributed by atoms with E-state index in [4.69, 9.17) is 9.73 Å². The molecular formula is C19H18LiNO. The molecule has 22 heavy (non-hydrogen) atoms. The van der Waals surface area contributed by atoms with Crippen LogP contribution in [0.5, 0.6) is 0 Å². The molecule has 0 amide bonds. The van der Waals surface area contributed by atoms with Gasteiger partial charge in [-0.15, -0.1) is 33.7 Å². The van der Waals surface area contributed by atoms with Crippen molar-refractivity contribution < 1.29 is 23.6 Å². The second-order valence-corrected chi connectivity index (χ2v) is 6.06. The quantitative estimate of drug-likeness (QED) is 0.516. The smallest absolute Gasteiger partial charge is 0.481 e. The SMILES string of the molecule is CC(C)[C@H]1COC(c2cccc3c2[cH-]c2ccccc23)=N1.[Li+]. The number of nitrogens with zero attached hydrogens (tertiary/aromatic N) is 1. The van der Waals surface area contributed by atoms with Gasteiger partial charge in [-0.05, 0) is 11.5 Å². The van der Waals surface area contributed by atoms with Crippen LogP contribution in [-0.2, 0) is 4.74 Å². The molecule has 0 unspecified atom stereocenters. The Hall–Kier alpha value is -1.62. The minimum atomic E-state index is 0. The topological polar surface area (TPSA) is 21.6 Å². The summed E-state index contributed by atoms with van der Waals surface area (Å²) in [6, 6.07) is 17.4. The molecule has 0 spiro atoms. The van der Waals surface area contributed by atoms with E-state index >= 15 is 0 Å². The summed E-state index contributed by atoms with van der Waals surface area (Å²) >= 11 is 0. The number of aliphatic imine (C=N–C) groups is 1. The van der Waals surface area contributed by atoms with Crippen molar-refractivity contribution in [2.24, 2.45) is 10.9 Å². The Kier molecular flexibility index (Phi) is 4.08. The third-order valence-electron chi connectivity index (χ3n) is 4.33. The number of fused-ring (bicyclic) bond motifs is 3. The molecule has 3 aromatic carbocycles. The summed E-state index contributed by atoms with van der Waals surface area (Å²) in [6.45, 7) is 5.08. The van der Waals surface area contributed by atoms with Gasteiger partial charge in [-0.25, -0.2) is 0 Å². The van der Waals surface area contributed by atoms with Crippen LogP contribution in [0.1, 0.15) is 19.4 Å². The summed E-state index contributed by atoms with van der Waals surface area (Å²) in [5.41, 5.74) is 1.12. The number of hydrogen-bond donors (Lipinski definition) is 0. The van der Waals surface area contributed by atoms with Crippen LogP contribution in [0, 0.1) is 5.92 Å².